The zero-order chi connectivity index (χ0) is 10.9. The van der Waals surface area contributed by atoms with Gasteiger partial charge in [-0.05, 0) is 32.2 Å². The Morgan fingerprint density at radius 1 is 1.40 bits per heavy atom. The van der Waals surface area contributed by atoms with E-state index in [0.29, 0.717) is 6.61 Å². The van der Waals surface area contributed by atoms with Crippen molar-refractivity contribution < 1.29 is 4.74 Å². The van der Waals surface area contributed by atoms with E-state index in [9.17, 15) is 0 Å². The summed E-state index contributed by atoms with van der Waals surface area (Å²) < 4.78 is 5.20. The summed E-state index contributed by atoms with van der Waals surface area (Å²) in [7, 11) is 0. The Bertz CT molecular complexity index is 248. The first-order valence-corrected chi connectivity index (χ1v) is 5.50. The van der Waals surface area contributed by atoms with Crippen LogP contribution in [0.5, 0.6) is 0 Å². The Labute approximate surface area is 92.5 Å². The van der Waals surface area contributed by atoms with Crippen LogP contribution in [0.2, 0.25) is 12.6 Å². The molecule has 0 atom stereocenters. The topological polar surface area (TPSA) is 36.3 Å². The normalized spacial score (nSPS) is 17.1. The Morgan fingerprint density at radius 2 is 2.13 bits per heavy atom. The second kappa shape index (κ2) is 7.34. The van der Waals surface area contributed by atoms with Crippen LogP contribution >= 0.6 is 0 Å². The second-order valence-corrected chi connectivity index (χ2v) is 3.86. The number of hydrogen-bond donors (Lipinski definition) is 0. The molecule has 0 aliphatic carbocycles. The molecule has 0 spiro atoms. The van der Waals surface area contributed by atoms with Gasteiger partial charge in [0.25, 0.3) is 6.71 Å². The van der Waals surface area contributed by atoms with Crippen LogP contribution in [0, 0.1) is 23.6 Å². The van der Waals surface area contributed by atoms with E-state index in [4.69, 9.17) is 16.4 Å². The highest BCUT2D eigenvalue weighted by Gasteiger charge is 2.21. The third kappa shape index (κ3) is 4.88. The van der Waals surface area contributed by atoms with Crippen molar-refractivity contribution in [1.29, 1.82) is 5.26 Å². The minimum Gasteiger partial charge on any atom is -0.369 e. The van der Waals surface area contributed by atoms with E-state index in [-0.39, 0.29) is 6.71 Å². The van der Waals surface area contributed by atoms with Crippen LogP contribution in [0.1, 0.15) is 6.42 Å². The summed E-state index contributed by atoms with van der Waals surface area (Å²) >= 11 is 0. The van der Waals surface area contributed by atoms with Gasteiger partial charge in [0.15, 0.2) is 0 Å². The maximum Gasteiger partial charge on any atom is 0.270 e. The average molecular weight is 204 g/mol. The van der Waals surface area contributed by atoms with Gasteiger partial charge >= 0.3 is 0 Å². The van der Waals surface area contributed by atoms with Crippen molar-refractivity contribution >= 4 is 6.71 Å². The summed E-state index contributed by atoms with van der Waals surface area (Å²) in [4.78, 5) is 2.40. The fourth-order valence-electron chi connectivity index (χ4n) is 1.81. The highest BCUT2D eigenvalue weighted by molar-refractivity contribution is 6.67. The lowest BCUT2D eigenvalue weighted by Crippen LogP contribution is -2.37. The summed E-state index contributed by atoms with van der Waals surface area (Å²) in [5.74, 6) is 4.78. The highest BCUT2D eigenvalue weighted by Crippen LogP contribution is 2.10. The van der Waals surface area contributed by atoms with E-state index < -0.39 is 0 Å². The number of rotatable bonds is 5. The zero-order valence-corrected chi connectivity index (χ0v) is 9.11. The van der Waals surface area contributed by atoms with Crippen molar-refractivity contribution in [1.82, 2.24) is 4.90 Å². The number of nitrogens with zero attached hydrogens (tertiary/aromatic N) is 2. The lowest BCUT2D eigenvalue weighted by Gasteiger charge is -2.27. The number of terminal acetylenes is 1. The third-order valence-electron chi connectivity index (χ3n) is 2.72. The van der Waals surface area contributed by atoms with E-state index in [1.165, 1.54) is 0 Å². The lowest BCUT2D eigenvalue weighted by atomic mass is 9.45. The molecule has 3 nitrogen and oxygen atoms in total. The summed E-state index contributed by atoms with van der Waals surface area (Å²) in [6.07, 6.45) is 8.13. The lowest BCUT2D eigenvalue weighted by molar-refractivity contribution is 0.149. The van der Waals surface area contributed by atoms with E-state index in [1.54, 1.807) is 0 Å². The monoisotopic (exact) mass is 204 g/mol. The van der Waals surface area contributed by atoms with E-state index in [1.807, 2.05) is 0 Å². The van der Waals surface area contributed by atoms with Crippen LogP contribution in [0.25, 0.3) is 0 Å². The number of nitriles is 1. The first-order valence-electron chi connectivity index (χ1n) is 5.50. The molecule has 1 fully saturated rings. The minimum atomic E-state index is 0.277. The average Bonchev–Trinajstić information content (AvgIpc) is 2.30. The molecule has 0 N–H and O–H groups in total. The van der Waals surface area contributed by atoms with Crippen LogP contribution in [0.3, 0.4) is 0 Å². The van der Waals surface area contributed by atoms with Crippen molar-refractivity contribution in [2.75, 3.05) is 32.8 Å². The van der Waals surface area contributed by atoms with Crippen molar-refractivity contribution in [3.05, 3.63) is 0 Å². The third-order valence-corrected chi connectivity index (χ3v) is 2.72. The summed E-state index contributed by atoms with van der Waals surface area (Å²) in [6, 6.07) is 0. The van der Waals surface area contributed by atoms with Crippen LogP contribution in [0.15, 0.2) is 0 Å². The van der Waals surface area contributed by atoms with Gasteiger partial charge in [0.1, 0.15) is 6.61 Å². The van der Waals surface area contributed by atoms with Gasteiger partial charge in [-0.1, -0.05) is 5.92 Å². The molecule has 1 heterocycles. The Kier molecular flexibility index (Phi) is 5.93. The van der Waals surface area contributed by atoms with Crippen molar-refractivity contribution in [3.8, 4) is 18.3 Å². The maximum absolute atomic E-state index is 8.74. The Hall–Kier alpha value is -0.965. The van der Waals surface area contributed by atoms with Crippen LogP contribution in [0.4, 0.5) is 0 Å². The van der Waals surface area contributed by atoms with Gasteiger partial charge in [-0.3, -0.25) is 0 Å². The van der Waals surface area contributed by atoms with Crippen LogP contribution < -0.4 is 0 Å². The van der Waals surface area contributed by atoms with Gasteiger partial charge in [-0.15, -0.1) is 6.42 Å². The summed E-state index contributed by atoms with van der Waals surface area (Å²) in [5.41, 5.74) is 0. The first kappa shape index (κ1) is 12.1. The molecule has 1 aliphatic rings. The SMILES string of the molecule is C#CCOCCCN1CCB(C#N)CC1. The van der Waals surface area contributed by atoms with E-state index in [2.05, 4.69) is 16.8 Å². The molecular formula is C11H17BN2O. The predicted molar refractivity (Wildman–Crippen MR) is 61.7 cm³/mol. The summed E-state index contributed by atoms with van der Waals surface area (Å²) in [6.45, 7) is 4.58. The minimum absolute atomic E-state index is 0.277. The molecule has 0 unspecified atom stereocenters. The molecule has 0 bridgehead atoms. The molecule has 0 amide bonds. The predicted octanol–water partition coefficient (Wildman–Crippen LogP) is 0.899. The molecule has 1 aliphatic heterocycles. The molecule has 4 heteroatoms. The molecule has 0 aromatic heterocycles. The van der Waals surface area contributed by atoms with Crippen molar-refractivity contribution in [2.24, 2.45) is 0 Å². The van der Waals surface area contributed by atoms with Crippen molar-refractivity contribution in [2.45, 2.75) is 19.1 Å². The maximum atomic E-state index is 8.74. The molecule has 15 heavy (non-hydrogen) atoms. The van der Waals surface area contributed by atoms with E-state index in [0.717, 1.165) is 45.3 Å². The van der Waals surface area contributed by atoms with Gasteiger partial charge < -0.3 is 9.64 Å². The quantitative estimate of drug-likeness (QED) is 0.379. The fraction of sp³-hybridized carbons (Fsp3) is 0.727. The molecule has 80 valence electrons. The van der Waals surface area contributed by atoms with Gasteiger partial charge in [-0.2, -0.15) is 0 Å². The highest BCUT2D eigenvalue weighted by atomic mass is 16.5. The molecule has 1 saturated heterocycles. The number of ether oxygens (including phenoxy) is 1. The molecular weight excluding hydrogens is 187 g/mol. The smallest absolute Gasteiger partial charge is 0.270 e. The zero-order valence-electron chi connectivity index (χ0n) is 9.11. The fourth-order valence-corrected chi connectivity index (χ4v) is 1.81. The number of hydrogen-bond acceptors (Lipinski definition) is 3. The van der Waals surface area contributed by atoms with E-state index >= 15 is 0 Å². The van der Waals surface area contributed by atoms with Gasteiger partial charge in [-0.25, -0.2) is 5.26 Å². The van der Waals surface area contributed by atoms with Gasteiger partial charge in [0.2, 0.25) is 0 Å². The largest absolute Gasteiger partial charge is 0.369 e. The molecule has 0 aromatic carbocycles. The van der Waals surface area contributed by atoms with Gasteiger partial charge in [0.05, 0.1) is 0 Å². The molecule has 0 radical (unpaired) electrons. The molecule has 0 aromatic rings. The van der Waals surface area contributed by atoms with Crippen LogP contribution in [-0.4, -0.2) is 44.5 Å². The Morgan fingerprint density at radius 3 is 2.73 bits per heavy atom. The van der Waals surface area contributed by atoms with Gasteiger partial charge in [0, 0.05) is 19.1 Å². The Balaban J connectivity index is 2.00. The standard InChI is InChI=1S/C11H17BN2O/c1-2-9-15-10-3-6-14-7-4-12(11-13)5-8-14/h1H,3-10H2. The van der Waals surface area contributed by atoms with Crippen molar-refractivity contribution in [3.63, 3.8) is 0 Å². The molecule has 1 rings (SSSR count). The van der Waals surface area contributed by atoms with Crippen LogP contribution in [-0.2, 0) is 4.74 Å². The first-order chi connectivity index (χ1) is 7.36. The second-order valence-electron chi connectivity index (χ2n) is 3.86. The molecule has 0 saturated carbocycles. The summed E-state index contributed by atoms with van der Waals surface area (Å²) in [5, 5.41) is 8.74.